The topological polar surface area (TPSA) is 122 Å². The van der Waals surface area contributed by atoms with Crippen molar-refractivity contribution in [1.82, 2.24) is 20.6 Å². The van der Waals surface area contributed by atoms with Gasteiger partial charge in [0, 0.05) is 25.5 Å². The minimum Gasteiger partial charge on any atom is -0.356 e. The number of carbonyl (C=O) groups is 2. The van der Waals surface area contributed by atoms with Crippen LogP contribution in [0.2, 0.25) is 0 Å². The number of amides is 3. The molecule has 1 unspecified atom stereocenters. The number of aromatic nitrogens is 2. The zero-order chi connectivity index (χ0) is 18.8. The van der Waals surface area contributed by atoms with Crippen molar-refractivity contribution >= 4 is 17.9 Å². The molecule has 0 bridgehead atoms. The van der Waals surface area contributed by atoms with Crippen LogP contribution in [0.4, 0.5) is 10.7 Å². The Morgan fingerprint density at radius 2 is 1.85 bits per heavy atom. The van der Waals surface area contributed by atoms with Crippen LogP contribution in [0.15, 0.2) is 42.7 Å². The maximum absolute atomic E-state index is 12.2. The average molecular weight is 356 g/mol. The van der Waals surface area contributed by atoms with E-state index < -0.39 is 12.1 Å². The summed E-state index contributed by atoms with van der Waals surface area (Å²) in [7, 11) is 0. The van der Waals surface area contributed by atoms with E-state index in [4.69, 9.17) is 5.73 Å². The molecule has 138 valence electrons. The molecular formula is C18H24N6O2. The second kappa shape index (κ2) is 9.97. The number of rotatable bonds is 9. The Balaban J connectivity index is 1.78. The Morgan fingerprint density at radius 1 is 1.12 bits per heavy atom. The van der Waals surface area contributed by atoms with Crippen molar-refractivity contribution < 1.29 is 9.59 Å². The fourth-order valence-electron chi connectivity index (χ4n) is 2.55. The van der Waals surface area contributed by atoms with E-state index in [1.54, 1.807) is 18.5 Å². The van der Waals surface area contributed by atoms with Gasteiger partial charge in [-0.15, -0.1) is 0 Å². The maximum Gasteiger partial charge on any atom is 0.312 e. The fraction of sp³-hybridized carbons (Fsp3) is 0.333. The number of carbonyl (C=O) groups excluding carboxylic acids is 2. The Labute approximate surface area is 152 Å². The number of hydrogen-bond acceptors (Lipinski definition) is 5. The lowest BCUT2D eigenvalue weighted by atomic mass is 9.98. The van der Waals surface area contributed by atoms with Crippen LogP contribution < -0.4 is 21.7 Å². The number of hydrogen-bond donors (Lipinski definition) is 4. The molecule has 0 aliphatic heterocycles. The molecule has 26 heavy (non-hydrogen) atoms. The zero-order valence-corrected chi connectivity index (χ0v) is 14.7. The number of nitrogens with two attached hydrogens (primary N) is 1. The molecular weight excluding hydrogens is 332 g/mol. The Morgan fingerprint density at radius 3 is 2.54 bits per heavy atom. The molecule has 1 aromatic carbocycles. The molecule has 0 spiro atoms. The summed E-state index contributed by atoms with van der Waals surface area (Å²) in [6.07, 6.45) is 4.18. The van der Waals surface area contributed by atoms with E-state index in [2.05, 4.69) is 25.9 Å². The van der Waals surface area contributed by atoms with Crippen LogP contribution in [-0.2, 0) is 4.79 Å². The number of aryl methyl sites for hydroxylation is 1. The molecule has 1 heterocycles. The standard InChI is InChI=1S/C18H24N6O2/c1-13-6-2-3-7-14(13)15(24-17(19)26)12-16(25)20-8-4-9-21-18-22-10-5-11-23-18/h2-3,5-7,10-11,15H,4,8-9,12H2,1H3,(H,20,25)(H3,19,24,26)(H,21,22,23). The molecule has 2 rings (SSSR count). The van der Waals surface area contributed by atoms with Crippen LogP contribution >= 0.6 is 0 Å². The summed E-state index contributed by atoms with van der Waals surface area (Å²) in [6, 6.07) is 8.23. The van der Waals surface area contributed by atoms with Gasteiger partial charge in [-0.25, -0.2) is 14.8 Å². The van der Waals surface area contributed by atoms with Crippen LogP contribution in [0.25, 0.3) is 0 Å². The Kier molecular flexibility index (Phi) is 7.35. The molecule has 0 radical (unpaired) electrons. The highest BCUT2D eigenvalue weighted by molar-refractivity contribution is 5.78. The van der Waals surface area contributed by atoms with Gasteiger partial charge in [-0.3, -0.25) is 4.79 Å². The molecule has 8 nitrogen and oxygen atoms in total. The van der Waals surface area contributed by atoms with Crippen molar-refractivity contribution in [2.24, 2.45) is 5.73 Å². The first-order chi connectivity index (χ1) is 12.6. The van der Waals surface area contributed by atoms with E-state index in [0.717, 1.165) is 17.5 Å². The summed E-state index contributed by atoms with van der Waals surface area (Å²) in [5.74, 6) is 0.409. The second-order valence-corrected chi connectivity index (χ2v) is 5.82. The number of nitrogens with zero attached hydrogens (tertiary/aromatic N) is 2. The van der Waals surface area contributed by atoms with Gasteiger partial charge in [-0.2, -0.15) is 0 Å². The largest absolute Gasteiger partial charge is 0.356 e. The molecule has 5 N–H and O–H groups in total. The molecule has 8 heteroatoms. The third kappa shape index (κ3) is 6.39. The first kappa shape index (κ1) is 19.2. The van der Waals surface area contributed by atoms with Crippen LogP contribution in [-0.4, -0.2) is 35.0 Å². The predicted octanol–water partition coefficient (Wildman–Crippen LogP) is 1.50. The molecule has 0 aliphatic carbocycles. The van der Waals surface area contributed by atoms with Gasteiger partial charge in [-0.1, -0.05) is 24.3 Å². The number of nitrogens with one attached hydrogen (secondary N) is 3. The van der Waals surface area contributed by atoms with E-state index in [1.807, 2.05) is 31.2 Å². The lowest BCUT2D eigenvalue weighted by Gasteiger charge is -2.19. The highest BCUT2D eigenvalue weighted by atomic mass is 16.2. The van der Waals surface area contributed by atoms with Gasteiger partial charge in [0.2, 0.25) is 11.9 Å². The summed E-state index contributed by atoms with van der Waals surface area (Å²) in [5.41, 5.74) is 7.12. The van der Waals surface area contributed by atoms with Gasteiger partial charge >= 0.3 is 6.03 Å². The Bertz CT molecular complexity index is 723. The van der Waals surface area contributed by atoms with E-state index in [-0.39, 0.29) is 12.3 Å². The number of benzene rings is 1. The Hall–Kier alpha value is -3.16. The third-order valence-corrected chi connectivity index (χ3v) is 3.79. The summed E-state index contributed by atoms with van der Waals surface area (Å²) in [4.78, 5) is 31.6. The van der Waals surface area contributed by atoms with Crippen molar-refractivity contribution in [3.63, 3.8) is 0 Å². The normalized spacial score (nSPS) is 11.4. The number of primary amides is 1. The van der Waals surface area contributed by atoms with Crippen molar-refractivity contribution in [2.45, 2.75) is 25.8 Å². The highest BCUT2D eigenvalue weighted by Gasteiger charge is 2.18. The van der Waals surface area contributed by atoms with Gasteiger partial charge in [0.15, 0.2) is 0 Å². The maximum atomic E-state index is 12.2. The van der Waals surface area contributed by atoms with Gasteiger partial charge in [0.1, 0.15) is 0 Å². The van der Waals surface area contributed by atoms with Crippen molar-refractivity contribution in [3.05, 3.63) is 53.9 Å². The van der Waals surface area contributed by atoms with Gasteiger partial charge < -0.3 is 21.7 Å². The first-order valence-corrected chi connectivity index (χ1v) is 8.45. The average Bonchev–Trinajstić information content (AvgIpc) is 2.62. The van der Waals surface area contributed by atoms with Gasteiger partial charge in [0.05, 0.1) is 12.5 Å². The summed E-state index contributed by atoms with van der Waals surface area (Å²) < 4.78 is 0. The first-order valence-electron chi connectivity index (χ1n) is 8.45. The molecule has 3 amide bonds. The van der Waals surface area contributed by atoms with E-state index >= 15 is 0 Å². The van der Waals surface area contributed by atoms with E-state index in [0.29, 0.717) is 19.0 Å². The fourth-order valence-corrected chi connectivity index (χ4v) is 2.55. The van der Waals surface area contributed by atoms with Crippen molar-refractivity contribution in [2.75, 3.05) is 18.4 Å². The molecule has 2 aromatic rings. The molecule has 0 saturated heterocycles. The second-order valence-electron chi connectivity index (χ2n) is 5.82. The lowest BCUT2D eigenvalue weighted by molar-refractivity contribution is -0.121. The molecule has 0 saturated carbocycles. The highest BCUT2D eigenvalue weighted by Crippen LogP contribution is 2.20. The van der Waals surface area contributed by atoms with Crippen LogP contribution in [0, 0.1) is 6.92 Å². The quantitative estimate of drug-likeness (QED) is 0.507. The smallest absolute Gasteiger partial charge is 0.312 e. The van der Waals surface area contributed by atoms with Gasteiger partial charge in [0.25, 0.3) is 0 Å². The molecule has 1 aromatic heterocycles. The third-order valence-electron chi connectivity index (χ3n) is 3.79. The van der Waals surface area contributed by atoms with Crippen molar-refractivity contribution in [3.8, 4) is 0 Å². The summed E-state index contributed by atoms with van der Waals surface area (Å²) in [5, 5.41) is 8.56. The summed E-state index contributed by atoms with van der Waals surface area (Å²) in [6.45, 7) is 3.08. The van der Waals surface area contributed by atoms with Crippen LogP contribution in [0.5, 0.6) is 0 Å². The molecule has 0 aliphatic rings. The lowest BCUT2D eigenvalue weighted by Crippen LogP contribution is -2.37. The number of urea groups is 1. The van der Waals surface area contributed by atoms with E-state index in [1.165, 1.54) is 0 Å². The molecule has 0 fully saturated rings. The summed E-state index contributed by atoms with van der Waals surface area (Å²) >= 11 is 0. The minimum atomic E-state index is -0.655. The van der Waals surface area contributed by atoms with Crippen LogP contribution in [0.1, 0.15) is 30.0 Å². The van der Waals surface area contributed by atoms with Crippen LogP contribution in [0.3, 0.4) is 0 Å². The van der Waals surface area contributed by atoms with E-state index in [9.17, 15) is 9.59 Å². The monoisotopic (exact) mass is 356 g/mol. The minimum absolute atomic E-state index is 0.128. The molecule has 1 atom stereocenters. The zero-order valence-electron chi connectivity index (χ0n) is 14.7. The van der Waals surface area contributed by atoms with Gasteiger partial charge in [-0.05, 0) is 30.5 Å². The predicted molar refractivity (Wildman–Crippen MR) is 99.4 cm³/mol. The number of anilines is 1. The SMILES string of the molecule is Cc1ccccc1C(CC(=O)NCCCNc1ncccn1)NC(N)=O. The van der Waals surface area contributed by atoms with Crippen molar-refractivity contribution in [1.29, 1.82) is 0 Å².